The van der Waals surface area contributed by atoms with Crippen LogP contribution in [-0.4, -0.2) is 39.0 Å². The number of nitrogens with zero attached hydrogens (tertiary/aromatic N) is 4. The van der Waals surface area contributed by atoms with Crippen LogP contribution in [0.1, 0.15) is 46.5 Å². The van der Waals surface area contributed by atoms with Crippen molar-refractivity contribution in [3.8, 4) is 11.4 Å². The minimum atomic E-state index is -0.00366. The third kappa shape index (κ3) is 3.12. The minimum absolute atomic E-state index is 0.00366. The van der Waals surface area contributed by atoms with Crippen LogP contribution in [-0.2, 0) is 0 Å². The summed E-state index contributed by atoms with van der Waals surface area (Å²) < 4.78 is 11.0. The maximum Gasteiger partial charge on any atom is 0.257 e. The highest BCUT2D eigenvalue weighted by Crippen LogP contribution is 2.29. The number of carbonyl (C=O) groups excluding carboxylic acids is 1. The molecule has 1 saturated heterocycles. The Labute approximate surface area is 151 Å². The summed E-state index contributed by atoms with van der Waals surface area (Å²) >= 11 is 0. The second kappa shape index (κ2) is 6.74. The number of pyridine rings is 1. The summed E-state index contributed by atoms with van der Waals surface area (Å²) in [5.74, 6) is 2.54. The summed E-state index contributed by atoms with van der Waals surface area (Å²) in [6, 6.07) is 5.53. The van der Waals surface area contributed by atoms with E-state index in [4.69, 9.17) is 8.94 Å². The first-order chi connectivity index (χ1) is 12.6. The number of amides is 1. The van der Waals surface area contributed by atoms with Gasteiger partial charge in [-0.2, -0.15) is 4.98 Å². The maximum atomic E-state index is 12.8. The fourth-order valence-corrected chi connectivity index (χ4v) is 3.39. The van der Waals surface area contributed by atoms with E-state index < -0.39 is 0 Å². The molecular weight excluding hydrogens is 332 g/mol. The van der Waals surface area contributed by atoms with Gasteiger partial charge in [-0.15, -0.1) is 0 Å². The smallest absolute Gasteiger partial charge is 0.257 e. The van der Waals surface area contributed by atoms with Crippen LogP contribution in [0.15, 0.2) is 39.5 Å². The number of rotatable bonds is 3. The van der Waals surface area contributed by atoms with Gasteiger partial charge in [-0.05, 0) is 44.9 Å². The van der Waals surface area contributed by atoms with Gasteiger partial charge in [0, 0.05) is 31.0 Å². The van der Waals surface area contributed by atoms with E-state index in [-0.39, 0.29) is 11.8 Å². The molecule has 1 aliphatic rings. The normalized spacial score (nSPS) is 17.5. The Morgan fingerprint density at radius 1 is 1.35 bits per heavy atom. The molecule has 3 aromatic rings. The van der Waals surface area contributed by atoms with Crippen molar-refractivity contribution in [3.05, 3.63) is 53.6 Å². The lowest BCUT2D eigenvalue weighted by molar-refractivity contribution is 0.0694. The number of piperidine rings is 1. The summed E-state index contributed by atoms with van der Waals surface area (Å²) in [5.41, 5.74) is 1.44. The third-order valence-corrected chi connectivity index (χ3v) is 4.69. The van der Waals surface area contributed by atoms with Gasteiger partial charge in [-0.1, -0.05) is 5.16 Å². The van der Waals surface area contributed by atoms with Gasteiger partial charge in [0.25, 0.3) is 5.91 Å². The molecule has 1 unspecified atom stereocenters. The zero-order chi connectivity index (χ0) is 18.1. The molecular formula is C19H20N4O3. The lowest BCUT2D eigenvalue weighted by Gasteiger charge is -2.30. The van der Waals surface area contributed by atoms with E-state index >= 15 is 0 Å². The number of likely N-dealkylation sites (tertiary alicyclic amines) is 1. The number of aromatic nitrogens is 3. The number of furan rings is 1. The lowest BCUT2D eigenvalue weighted by atomic mass is 9.97. The third-order valence-electron chi connectivity index (χ3n) is 4.69. The summed E-state index contributed by atoms with van der Waals surface area (Å²) in [6.45, 7) is 4.96. The Morgan fingerprint density at radius 3 is 2.96 bits per heavy atom. The highest BCUT2D eigenvalue weighted by Gasteiger charge is 2.30. The molecule has 0 N–H and O–H groups in total. The predicted molar refractivity (Wildman–Crippen MR) is 93.6 cm³/mol. The monoisotopic (exact) mass is 352 g/mol. The average Bonchev–Trinajstić information content (AvgIpc) is 3.28. The molecule has 0 aliphatic carbocycles. The van der Waals surface area contributed by atoms with Gasteiger partial charge in [0.05, 0.1) is 11.5 Å². The molecule has 0 spiro atoms. The molecule has 4 heterocycles. The SMILES string of the molecule is Cc1cc(C(=O)N2CCCC(c3nc(-c4cccnc4)no3)C2)c(C)o1. The van der Waals surface area contributed by atoms with E-state index in [1.54, 1.807) is 18.5 Å². The zero-order valence-corrected chi connectivity index (χ0v) is 14.8. The van der Waals surface area contributed by atoms with Crippen LogP contribution in [0.2, 0.25) is 0 Å². The molecule has 4 rings (SSSR count). The highest BCUT2D eigenvalue weighted by molar-refractivity contribution is 5.95. The molecule has 1 amide bonds. The van der Waals surface area contributed by atoms with Crippen molar-refractivity contribution in [1.82, 2.24) is 20.0 Å². The lowest BCUT2D eigenvalue weighted by Crippen LogP contribution is -2.39. The van der Waals surface area contributed by atoms with E-state index in [0.29, 0.717) is 29.6 Å². The van der Waals surface area contributed by atoms with Crippen LogP contribution >= 0.6 is 0 Å². The minimum Gasteiger partial charge on any atom is -0.466 e. The summed E-state index contributed by atoms with van der Waals surface area (Å²) in [7, 11) is 0. The van der Waals surface area contributed by atoms with Crippen molar-refractivity contribution in [1.29, 1.82) is 0 Å². The first-order valence-corrected chi connectivity index (χ1v) is 8.72. The van der Waals surface area contributed by atoms with Gasteiger partial charge < -0.3 is 13.8 Å². The van der Waals surface area contributed by atoms with E-state index in [9.17, 15) is 4.79 Å². The standard InChI is InChI=1S/C19H20N4O3/c1-12-9-16(13(2)25-12)19(24)23-8-4-6-15(11-23)18-21-17(22-26-18)14-5-3-7-20-10-14/h3,5,7,9-10,15H,4,6,8,11H2,1-2H3. The second-order valence-corrected chi connectivity index (χ2v) is 6.62. The predicted octanol–water partition coefficient (Wildman–Crippen LogP) is 3.36. The molecule has 26 heavy (non-hydrogen) atoms. The largest absolute Gasteiger partial charge is 0.466 e. The number of hydrogen-bond donors (Lipinski definition) is 0. The van der Waals surface area contributed by atoms with E-state index in [1.165, 1.54) is 0 Å². The Morgan fingerprint density at radius 2 is 2.23 bits per heavy atom. The van der Waals surface area contributed by atoms with Gasteiger partial charge in [0.2, 0.25) is 11.7 Å². The van der Waals surface area contributed by atoms with Crippen LogP contribution in [0.25, 0.3) is 11.4 Å². The molecule has 0 saturated carbocycles. The van der Waals surface area contributed by atoms with E-state index in [1.807, 2.05) is 30.9 Å². The van der Waals surface area contributed by atoms with Gasteiger partial charge in [0.1, 0.15) is 11.5 Å². The Bertz CT molecular complexity index is 916. The molecule has 1 atom stereocenters. The molecule has 7 heteroatoms. The Hall–Kier alpha value is -2.96. The Kier molecular flexibility index (Phi) is 4.28. The average molecular weight is 352 g/mol. The van der Waals surface area contributed by atoms with Gasteiger partial charge >= 0.3 is 0 Å². The second-order valence-electron chi connectivity index (χ2n) is 6.62. The van der Waals surface area contributed by atoms with Crippen LogP contribution in [0.3, 0.4) is 0 Å². The van der Waals surface area contributed by atoms with Crippen LogP contribution in [0.4, 0.5) is 0 Å². The van der Waals surface area contributed by atoms with Crippen molar-refractivity contribution in [3.63, 3.8) is 0 Å². The van der Waals surface area contributed by atoms with Gasteiger partial charge in [-0.3, -0.25) is 9.78 Å². The van der Waals surface area contributed by atoms with Crippen molar-refractivity contribution in [2.45, 2.75) is 32.6 Å². The van der Waals surface area contributed by atoms with Crippen LogP contribution in [0, 0.1) is 13.8 Å². The van der Waals surface area contributed by atoms with Crippen molar-refractivity contribution >= 4 is 5.91 Å². The van der Waals surface area contributed by atoms with E-state index in [2.05, 4.69) is 15.1 Å². The summed E-state index contributed by atoms with van der Waals surface area (Å²) in [6.07, 6.45) is 5.22. The Balaban J connectivity index is 1.51. The maximum absolute atomic E-state index is 12.8. The molecule has 3 aromatic heterocycles. The number of aryl methyl sites for hydroxylation is 2. The molecule has 7 nitrogen and oxygen atoms in total. The quantitative estimate of drug-likeness (QED) is 0.718. The molecule has 0 bridgehead atoms. The summed E-state index contributed by atoms with van der Waals surface area (Å²) in [5, 5.41) is 4.06. The van der Waals surface area contributed by atoms with Gasteiger partial charge in [0.15, 0.2) is 0 Å². The summed E-state index contributed by atoms with van der Waals surface area (Å²) in [4.78, 5) is 23.3. The van der Waals surface area contributed by atoms with Crippen molar-refractivity contribution < 1.29 is 13.7 Å². The topological polar surface area (TPSA) is 85.3 Å². The number of hydrogen-bond acceptors (Lipinski definition) is 6. The molecule has 0 radical (unpaired) electrons. The van der Waals surface area contributed by atoms with Crippen molar-refractivity contribution in [2.24, 2.45) is 0 Å². The fraction of sp³-hybridized carbons (Fsp3) is 0.368. The van der Waals surface area contributed by atoms with Crippen molar-refractivity contribution in [2.75, 3.05) is 13.1 Å². The molecule has 134 valence electrons. The highest BCUT2D eigenvalue weighted by atomic mass is 16.5. The number of carbonyl (C=O) groups is 1. The molecule has 1 aliphatic heterocycles. The first kappa shape index (κ1) is 16.5. The molecule has 1 fully saturated rings. The van der Waals surface area contributed by atoms with Gasteiger partial charge in [-0.25, -0.2) is 0 Å². The fourth-order valence-electron chi connectivity index (χ4n) is 3.39. The van der Waals surface area contributed by atoms with Crippen LogP contribution < -0.4 is 0 Å². The first-order valence-electron chi connectivity index (χ1n) is 8.72. The zero-order valence-electron chi connectivity index (χ0n) is 14.8. The van der Waals surface area contributed by atoms with E-state index in [0.717, 1.165) is 30.7 Å². The molecule has 0 aromatic carbocycles. The van der Waals surface area contributed by atoms with Crippen LogP contribution in [0.5, 0.6) is 0 Å².